The fraction of sp³-hybridized carbons (Fsp3) is 0.185. The van der Waals surface area contributed by atoms with Gasteiger partial charge in [0, 0.05) is 23.3 Å². The number of benzene rings is 3. The van der Waals surface area contributed by atoms with Crippen LogP contribution in [0.2, 0.25) is 5.02 Å². The lowest BCUT2D eigenvalue weighted by atomic mass is 10.1. The van der Waals surface area contributed by atoms with E-state index in [0.717, 1.165) is 18.4 Å². The molecule has 0 aromatic heterocycles. The van der Waals surface area contributed by atoms with Gasteiger partial charge in [-0.25, -0.2) is 0 Å². The van der Waals surface area contributed by atoms with Crippen molar-refractivity contribution in [1.29, 1.82) is 0 Å². The molecule has 0 saturated heterocycles. The zero-order valence-corrected chi connectivity index (χ0v) is 19.1. The van der Waals surface area contributed by atoms with Crippen LogP contribution in [0.1, 0.15) is 24.5 Å². The molecule has 5 nitrogen and oxygen atoms in total. The van der Waals surface area contributed by atoms with Crippen molar-refractivity contribution >= 4 is 40.9 Å². The van der Waals surface area contributed by atoms with Gasteiger partial charge in [0.1, 0.15) is 5.75 Å². The van der Waals surface area contributed by atoms with Crippen molar-refractivity contribution in [1.82, 2.24) is 0 Å². The van der Waals surface area contributed by atoms with E-state index < -0.39 is 6.10 Å². The third-order valence-corrected chi connectivity index (χ3v) is 5.67. The van der Waals surface area contributed by atoms with Crippen LogP contribution in [0.3, 0.4) is 0 Å². The first kappa shape index (κ1) is 22.6. The van der Waals surface area contributed by atoms with Gasteiger partial charge in [0.15, 0.2) is 6.10 Å². The molecule has 4 rings (SSSR count). The maximum absolute atomic E-state index is 12.8. The van der Waals surface area contributed by atoms with Crippen molar-refractivity contribution in [3.05, 3.63) is 95.0 Å². The average Bonchev–Trinajstić information content (AvgIpc) is 2.82. The number of nitrogens with zero attached hydrogens (tertiary/aromatic N) is 1. The summed E-state index contributed by atoms with van der Waals surface area (Å²) in [4.78, 5) is 27.0. The second-order valence-electron chi connectivity index (χ2n) is 7.90. The fourth-order valence-electron chi connectivity index (χ4n) is 3.73. The van der Waals surface area contributed by atoms with E-state index in [4.69, 9.17) is 16.3 Å². The third kappa shape index (κ3) is 5.82. The van der Waals surface area contributed by atoms with Crippen LogP contribution in [0, 0.1) is 0 Å². The van der Waals surface area contributed by atoms with Crippen molar-refractivity contribution in [2.24, 2.45) is 0 Å². The Bertz CT molecular complexity index is 1160. The number of rotatable bonds is 7. The van der Waals surface area contributed by atoms with Crippen LogP contribution in [0.4, 0.5) is 11.4 Å². The highest BCUT2D eigenvalue weighted by atomic mass is 35.5. The number of carbonyl (C=O) groups excluding carboxylic acids is 2. The van der Waals surface area contributed by atoms with Crippen molar-refractivity contribution in [2.75, 3.05) is 16.8 Å². The van der Waals surface area contributed by atoms with E-state index in [9.17, 15) is 9.59 Å². The topological polar surface area (TPSA) is 58.6 Å². The maximum Gasteiger partial charge on any atom is 0.267 e. The lowest BCUT2D eigenvalue weighted by molar-refractivity contribution is -0.125. The lowest BCUT2D eigenvalue weighted by Gasteiger charge is -2.33. The van der Waals surface area contributed by atoms with Crippen molar-refractivity contribution in [3.63, 3.8) is 0 Å². The van der Waals surface area contributed by atoms with Gasteiger partial charge in [-0.3, -0.25) is 9.59 Å². The summed E-state index contributed by atoms with van der Waals surface area (Å²) in [6, 6.07) is 22.8. The summed E-state index contributed by atoms with van der Waals surface area (Å²) >= 11 is 5.89. The third-order valence-electron chi connectivity index (χ3n) is 5.42. The summed E-state index contributed by atoms with van der Waals surface area (Å²) in [6.07, 6.45) is 4.33. The Morgan fingerprint density at radius 2 is 1.85 bits per heavy atom. The number of ether oxygens (including phenoxy) is 1. The van der Waals surface area contributed by atoms with Gasteiger partial charge < -0.3 is 15.0 Å². The van der Waals surface area contributed by atoms with E-state index in [1.54, 1.807) is 48.2 Å². The van der Waals surface area contributed by atoms with Gasteiger partial charge in [-0.15, -0.1) is 0 Å². The molecule has 3 aromatic rings. The number of hydrogen-bond donors (Lipinski definition) is 1. The standard InChI is InChI=1S/C27H25ClN2O3/c1-19-27(32)30(17-5-8-20-6-3-2-4-7-20)24-18-23(14-15-25(24)33-19)29-26(31)16-11-21-9-12-22(28)13-10-21/h2-4,6-7,9-16,18-19H,5,8,17H2,1H3,(H,29,31)/b16-11+. The molecule has 1 heterocycles. The van der Waals surface area contributed by atoms with Gasteiger partial charge in [0.2, 0.25) is 5.91 Å². The molecule has 6 heteroatoms. The highest BCUT2D eigenvalue weighted by Gasteiger charge is 2.31. The van der Waals surface area contributed by atoms with Crippen molar-refractivity contribution in [2.45, 2.75) is 25.9 Å². The minimum atomic E-state index is -0.544. The molecule has 1 atom stereocenters. The Hall–Kier alpha value is -3.57. The molecule has 1 aliphatic heterocycles. The molecule has 33 heavy (non-hydrogen) atoms. The SMILES string of the molecule is CC1Oc2ccc(NC(=O)/C=C/c3ccc(Cl)cc3)cc2N(CCCc2ccccc2)C1=O. The largest absolute Gasteiger partial charge is 0.479 e. The smallest absolute Gasteiger partial charge is 0.267 e. The molecule has 168 valence electrons. The Morgan fingerprint density at radius 1 is 1.09 bits per heavy atom. The Labute approximate surface area is 198 Å². The number of amides is 2. The first-order valence-corrected chi connectivity index (χ1v) is 11.3. The number of carbonyl (C=O) groups is 2. The molecular formula is C27H25ClN2O3. The van der Waals surface area contributed by atoms with Gasteiger partial charge in [0.25, 0.3) is 5.91 Å². The molecule has 0 radical (unpaired) electrons. The fourth-order valence-corrected chi connectivity index (χ4v) is 3.86. The molecule has 0 aliphatic carbocycles. The number of anilines is 2. The predicted octanol–water partition coefficient (Wildman–Crippen LogP) is 5.74. The zero-order valence-electron chi connectivity index (χ0n) is 18.3. The van der Waals surface area contributed by atoms with E-state index in [1.165, 1.54) is 11.6 Å². The van der Waals surface area contributed by atoms with Crippen LogP contribution >= 0.6 is 11.6 Å². The Morgan fingerprint density at radius 3 is 2.61 bits per heavy atom. The molecule has 1 N–H and O–H groups in total. The number of nitrogens with one attached hydrogen (secondary N) is 1. The van der Waals surface area contributed by atoms with E-state index in [0.29, 0.717) is 28.7 Å². The highest BCUT2D eigenvalue weighted by molar-refractivity contribution is 6.30. The van der Waals surface area contributed by atoms with Crippen LogP contribution in [0.5, 0.6) is 5.75 Å². The summed E-state index contributed by atoms with van der Waals surface area (Å²) in [7, 11) is 0. The van der Waals surface area contributed by atoms with Gasteiger partial charge in [-0.1, -0.05) is 54.1 Å². The summed E-state index contributed by atoms with van der Waals surface area (Å²) in [6.45, 7) is 2.33. The van der Waals surface area contributed by atoms with Crippen LogP contribution in [-0.2, 0) is 16.0 Å². The van der Waals surface area contributed by atoms with Crippen molar-refractivity contribution < 1.29 is 14.3 Å². The number of hydrogen-bond acceptors (Lipinski definition) is 3. The Balaban J connectivity index is 1.45. The summed E-state index contributed by atoms with van der Waals surface area (Å²) in [5.41, 5.74) is 3.38. The van der Waals surface area contributed by atoms with Crippen LogP contribution < -0.4 is 15.0 Å². The molecule has 0 bridgehead atoms. The van der Waals surface area contributed by atoms with Gasteiger partial charge >= 0.3 is 0 Å². The summed E-state index contributed by atoms with van der Waals surface area (Å²) < 4.78 is 5.79. The van der Waals surface area contributed by atoms with Gasteiger partial charge in [-0.2, -0.15) is 0 Å². The minimum Gasteiger partial charge on any atom is -0.479 e. The maximum atomic E-state index is 12.8. The van der Waals surface area contributed by atoms with E-state index in [-0.39, 0.29) is 11.8 Å². The van der Waals surface area contributed by atoms with Gasteiger partial charge in [0.05, 0.1) is 5.69 Å². The molecule has 1 unspecified atom stereocenters. The molecule has 1 aliphatic rings. The molecule has 2 amide bonds. The van der Waals surface area contributed by atoms with Crippen molar-refractivity contribution in [3.8, 4) is 5.75 Å². The van der Waals surface area contributed by atoms with E-state index in [1.807, 2.05) is 30.3 Å². The summed E-state index contributed by atoms with van der Waals surface area (Å²) in [5, 5.41) is 3.50. The van der Waals surface area contributed by atoms with E-state index >= 15 is 0 Å². The van der Waals surface area contributed by atoms with E-state index in [2.05, 4.69) is 17.4 Å². The normalized spacial score (nSPS) is 15.3. The predicted molar refractivity (Wildman–Crippen MR) is 133 cm³/mol. The highest BCUT2D eigenvalue weighted by Crippen LogP contribution is 2.36. The first-order valence-electron chi connectivity index (χ1n) is 10.9. The molecule has 0 fully saturated rings. The quantitative estimate of drug-likeness (QED) is 0.457. The number of halogens is 1. The van der Waals surface area contributed by atoms with Gasteiger partial charge in [-0.05, 0) is 67.3 Å². The molecule has 0 saturated carbocycles. The second-order valence-corrected chi connectivity index (χ2v) is 8.33. The Kier molecular flexibility index (Phi) is 7.10. The number of fused-ring (bicyclic) bond motifs is 1. The zero-order chi connectivity index (χ0) is 23.2. The lowest BCUT2D eigenvalue weighted by Crippen LogP contribution is -2.45. The second kappa shape index (κ2) is 10.4. The van der Waals surface area contributed by atoms with Crippen LogP contribution in [0.25, 0.3) is 6.08 Å². The minimum absolute atomic E-state index is 0.0818. The average molecular weight is 461 g/mol. The molecule has 0 spiro atoms. The molecular weight excluding hydrogens is 436 g/mol. The first-order chi connectivity index (χ1) is 16.0. The molecule has 3 aromatic carbocycles. The van der Waals surface area contributed by atoms with Crippen LogP contribution in [0.15, 0.2) is 78.9 Å². The van der Waals surface area contributed by atoms with Crippen LogP contribution in [-0.4, -0.2) is 24.5 Å². The summed E-state index contributed by atoms with van der Waals surface area (Å²) in [5.74, 6) is 0.287. The monoisotopic (exact) mass is 460 g/mol. The number of aryl methyl sites for hydroxylation is 1.